The predicted molar refractivity (Wildman–Crippen MR) is 110 cm³/mol. The monoisotopic (exact) mass is 378 g/mol. The zero-order chi connectivity index (χ0) is 19.8. The van der Waals surface area contributed by atoms with Gasteiger partial charge in [0.1, 0.15) is 0 Å². The Labute approximate surface area is 165 Å². The van der Waals surface area contributed by atoms with Gasteiger partial charge in [-0.3, -0.25) is 9.79 Å². The number of carbonyl (C=O) groups excluding carboxylic acids is 1. The summed E-state index contributed by atoms with van der Waals surface area (Å²) >= 11 is 0. The number of aryl methyl sites for hydroxylation is 1. The standard InChI is InChI=1S/C23H26N2O3/c1-17-7-5-10-19(22(17)23(24)26)15-27-13-6-14-28-16-20-11-12-21(25-20)18-8-3-2-4-9-18/h2-5,7-11H,6,12-16H2,1H3,(H2,24,26). The second-order valence-electron chi connectivity index (χ2n) is 6.76. The first-order valence-electron chi connectivity index (χ1n) is 9.51. The van der Waals surface area contributed by atoms with Gasteiger partial charge in [-0.1, -0.05) is 54.6 Å². The molecule has 0 spiro atoms. The van der Waals surface area contributed by atoms with E-state index in [0.717, 1.165) is 40.9 Å². The lowest BCUT2D eigenvalue weighted by Gasteiger charge is -2.10. The molecule has 3 rings (SSSR count). The van der Waals surface area contributed by atoms with Crippen molar-refractivity contribution in [3.05, 3.63) is 82.6 Å². The maximum atomic E-state index is 11.6. The van der Waals surface area contributed by atoms with Gasteiger partial charge in [-0.15, -0.1) is 0 Å². The van der Waals surface area contributed by atoms with Crippen LogP contribution in [0.15, 0.2) is 65.3 Å². The van der Waals surface area contributed by atoms with Crippen LogP contribution in [0, 0.1) is 6.92 Å². The molecule has 2 aromatic carbocycles. The predicted octanol–water partition coefficient (Wildman–Crippen LogP) is 3.79. The second kappa shape index (κ2) is 9.97. The molecule has 0 saturated heterocycles. The highest BCUT2D eigenvalue weighted by Crippen LogP contribution is 2.17. The van der Waals surface area contributed by atoms with Crippen molar-refractivity contribution in [1.29, 1.82) is 0 Å². The molecule has 2 N–H and O–H groups in total. The topological polar surface area (TPSA) is 73.9 Å². The number of nitrogens with two attached hydrogens (primary N) is 1. The van der Waals surface area contributed by atoms with Crippen molar-refractivity contribution >= 4 is 11.6 Å². The molecule has 2 aromatic rings. The van der Waals surface area contributed by atoms with Crippen LogP contribution in [0.1, 0.15) is 39.9 Å². The van der Waals surface area contributed by atoms with Crippen LogP contribution < -0.4 is 5.73 Å². The molecule has 0 fully saturated rings. The largest absolute Gasteiger partial charge is 0.377 e. The van der Waals surface area contributed by atoms with Gasteiger partial charge in [0.25, 0.3) is 0 Å². The maximum absolute atomic E-state index is 11.6. The number of ether oxygens (including phenoxy) is 2. The van der Waals surface area contributed by atoms with E-state index in [9.17, 15) is 4.79 Å². The molecule has 0 aliphatic carbocycles. The molecule has 0 saturated carbocycles. The molecule has 5 nitrogen and oxygen atoms in total. The lowest BCUT2D eigenvalue weighted by molar-refractivity contribution is 0.0815. The summed E-state index contributed by atoms with van der Waals surface area (Å²) in [5.41, 5.74) is 10.9. The first kappa shape index (κ1) is 20.0. The highest BCUT2D eigenvalue weighted by molar-refractivity contribution is 6.03. The van der Waals surface area contributed by atoms with Crippen molar-refractivity contribution in [3.63, 3.8) is 0 Å². The molecule has 1 aliphatic rings. The normalized spacial score (nSPS) is 13.3. The van der Waals surface area contributed by atoms with Crippen molar-refractivity contribution in [3.8, 4) is 0 Å². The van der Waals surface area contributed by atoms with Crippen LogP contribution >= 0.6 is 0 Å². The fraction of sp³-hybridized carbons (Fsp3) is 0.304. The molecule has 5 heteroatoms. The van der Waals surface area contributed by atoms with Gasteiger partial charge in [0.15, 0.2) is 0 Å². The summed E-state index contributed by atoms with van der Waals surface area (Å²) in [6.45, 7) is 3.92. The highest BCUT2D eigenvalue weighted by atomic mass is 16.5. The first-order valence-corrected chi connectivity index (χ1v) is 9.51. The minimum Gasteiger partial charge on any atom is -0.377 e. The van der Waals surface area contributed by atoms with Gasteiger partial charge in [0.05, 0.1) is 24.6 Å². The Kier molecular flexibility index (Phi) is 7.12. The van der Waals surface area contributed by atoms with Gasteiger partial charge in [-0.25, -0.2) is 0 Å². The fourth-order valence-corrected chi connectivity index (χ4v) is 3.21. The van der Waals surface area contributed by atoms with Gasteiger partial charge >= 0.3 is 0 Å². The summed E-state index contributed by atoms with van der Waals surface area (Å²) in [6.07, 6.45) is 3.74. The third kappa shape index (κ3) is 5.38. The van der Waals surface area contributed by atoms with Crippen LogP contribution in [-0.2, 0) is 16.1 Å². The Morgan fingerprint density at radius 3 is 2.54 bits per heavy atom. The van der Waals surface area contributed by atoms with E-state index in [4.69, 9.17) is 15.2 Å². The molecule has 0 unspecified atom stereocenters. The summed E-state index contributed by atoms with van der Waals surface area (Å²) in [5, 5.41) is 0. The van der Waals surface area contributed by atoms with Crippen molar-refractivity contribution in [2.24, 2.45) is 10.7 Å². The number of benzene rings is 2. The average Bonchev–Trinajstić information content (AvgIpc) is 3.16. The molecular formula is C23H26N2O3. The Hall–Kier alpha value is -2.76. The summed E-state index contributed by atoms with van der Waals surface area (Å²) in [7, 11) is 0. The van der Waals surface area contributed by atoms with Gasteiger partial charge in [-0.2, -0.15) is 0 Å². The third-order valence-electron chi connectivity index (χ3n) is 4.61. The van der Waals surface area contributed by atoms with Crippen LogP contribution in [0.4, 0.5) is 0 Å². The Balaban J connectivity index is 1.34. The first-order chi connectivity index (χ1) is 13.6. The zero-order valence-electron chi connectivity index (χ0n) is 16.2. The number of hydrogen-bond donors (Lipinski definition) is 1. The van der Waals surface area contributed by atoms with Gasteiger partial charge in [-0.05, 0) is 30.0 Å². The second-order valence-corrected chi connectivity index (χ2v) is 6.76. The van der Waals surface area contributed by atoms with Crippen LogP contribution in [-0.4, -0.2) is 31.4 Å². The molecule has 0 atom stereocenters. The summed E-state index contributed by atoms with van der Waals surface area (Å²) in [6, 6.07) is 15.9. The van der Waals surface area contributed by atoms with Crippen LogP contribution in [0.5, 0.6) is 0 Å². The number of hydrogen-bond acceptors (Lipinski definition) is 4. The number of aliphatic imine (C=N–C) groups is 1. The quantitative estimate of drug-likeness (QED) is 0.639. The van der Waals surface area contributed by atoms with Gasteiger partial charge in [0.2, 0.25) is 5.91 Å². The van der Waals surface area contributed by atoms with Gasteiger partial charge in [0, 0.05) is 25.2 Å². The fourth-order valence-electron chi connectivity index (χ4n) is 3.21. The Bertz CT molecular complexity index is 873. The average molecular weight is 378 g/mol. The lowest BCUT2D eigenvalue weighted by atomic mass is 10.0. The minimum absolute atomic E-state index is 0.371. The molecule has 28 heavy (non-hydrogen) atoms. The highest BCUT2D eigenvalue weighted by Gasteiger charge is 2.11. The Morgan fingerprint density at radius 2 is 1.79 bits per heavy atom. The number of nitrogens with zero attached hydrogens (tertiary/aromatic N) is 1. The van der Waals surface area contributed by atoms with Crippen molar-refractivity contribution < 1.29 is 14.3 Å². The molecule has 1 amide bonds. The molecule has 1 heterocycles. The van der Waals surface area contributed by atoms with Crippen molar-refractivity contribution in [2.45, 2.75) is 26.4 Å². The van der Waals surface area contributed by atoms with Crippen molar-refractivity contribution in [1.82, 2.24) is 0 Å². The SMILES string of the molecule is Cc1cccc(COCCCOCC2=CCC(c3ccccc3)=N2)c1C(N)=O. The molecule has 1 aliphatic heterocycles. The van der Waals surface area contributed by atoms with E-state index in [2.05, 4.69) is 23.2 Å². The van der Waals surface area contributed by atoms with Gasteiger partial charge < -0.3 is 15.2 Å². The smallest absolute Gasteiger partial charge is 0.249 e. The van der Waals surface area contributed by atoms with E-state index in [-0.39, 0.29) is 0 Å². The van der Waals surface area contributed by atoms with E-state index in [0.29, 0.717) is 32.0 Å². The van der Waals surface area contributed by atoms with Crippen LogP contribution in [0.3, 0.4) is 0 Å². The summed E-state index contributed by atoms with van der Waals surface area (Å²) < 4.78 is 11.4. The van der Waals surface area contributed by atoms with E-state index in [1.165, 1.54) is 0 Å². The minimum atomic E-state index is -0.416. The third-order valence-corrected chi connectivity index (χ3v) is 4.61. The van der Waals surface area contributed by atoms with E-state index in [1.54, 1.807) is 0 Å². The molecule has 0 radical (unpaired) electrons. The van der Waals surface area contributed by atoms with Crippen LogP contribution in [0.2, 0.25) is 0 Å². The number of rotatable bonds is 10. The summed E-state index contributed by atoms with van der Waals surface area (Å²) in [5.74, 6) is -0.416. The molecule has 146 valence electrons. The lowest BCUT2D eigenvalue weighted by Crippen LogP contribution is -2.16. The zero-order valence-corrected chi connectivity index (χ0v) is 16.2. The molecule has 0 aromatic heterocycles. The van der Waals surface area contributed by atoms with E-state index in [1.807, 2.05) is 43.3 Å². The van der Waals surface area contributed by atoms with Crippen molar-refractivity contribution in [2.75, 3.05) is 19.8 Å². The summed E-state index contributed by atoms with van der Waals surface area (Å²) in [4.78, 5) is 16.2. The molecule has 0 bridgehead atoms. The van der Waals surface area contributed by atoms with E-state index < -0.39 is 5.91 Å². The number of allylic oxidation sites excluding steroid dienone is 1. The number of primary amides is 1. The number of carbonyl (C=O) groups is 1. The number of amides is 1. The maximum Gasteiger partial charge on any atom is 0.249 e. The Morgan fingerprint density at radius 1 is 1.04 bits per heavy atom. The molecular weight excluding hydrogens is 352 g/mol. The van der Waals surface area contributed by atoms with Crippen LogP contribution in [0.25, 0.3) is 0 Å². The van der Waals surface area contributed by atoms with E-state index >= 15 is 0 Å².